The first-order chi connectivity index (χ1) is 9.17. The van der Waals surface area contributed by atoms with Crippen LogP contribution in [-0.4, -0.2) is 31.8 Å². The maximum atomic E-state index is 9.32. The molecule has 1 heterocycles. The van der Waals surface area contributed by atoms with Crippen LogP contribution in [0.5, 0.6) is 0 Å². The largest absolute Gasteiger partial charge is 0.396 e. The van der Waals surface area contributed by atoms with Crippen molar-refractivity contribution >= 4 is 23.2 Å². The SMILES string of the molecule is OCCCn1nnc(CO)c1-c1ccc(Cl)c(Cl)c1. The van der Waals surface area contributed by atoms with Crippen molar-refractivity contribution in [1.82, 2.24) is 15.0 Å². The second-order valence-corrected chi connectivity index (χ2v) is 4.79. The molecule has 0 unspecified atom stereocenters. The molecule has 0 aliphatic heterocycles. The molecular weight excluding hydrogens is 289 g/mol. The Morgan fingerprint density at radius 1 is 1.16 bits per heavy atom. The highest BCUT2D eigenvalue weighted by molar-refractivity contribution is 6.42. The first-order valence-corrected chi connectivity index (χ1v) is 6.52. The third kappa shape index (κ3) is 3.06. The van der Waals surface area contributed by atoms with Crippen molar-refractivity contribution < 1.29 is 10.2 Å². The van der Waals surface area contributed by atoms with Gasteiger partial charge in [0.2, 0.25) is 0 Å². The summed E-state index contributed by atoms with van der Waals surface area (Å²) in [7, 11) is 0. The van der Waals surface area contributed by atoms with Crippen molar-refractivity contribution in [3.8, 4) is 11.3 Å². The van der Waals surface area contributed by atoms with E-state index in [1.807, 2.05) is 0 Å². The van der Waals surface area contributed by atoms with Gasteiger partial charge in [-0.25, -0.2) is 4.68 Å². The smallest absolute Gasteiger partial charge is 0.116 e. The van der Waals surface area contributed by atoms with Crippen molar-refractivity contribution in [2.75, 3.05) is 6.61 Å². The number of nitrogens with zero attached hydrogens (tertiary/aromatic N) is 3. The molecule has 2 rings (SSSR count). The second kappa shape index (κ2) is 6.34. The Morgan fingerprint density at radius 2 is 1.95 bits per heavy atom. The lowest BCUT2D eigenvalue weighted by molar-refractivity contribution is 0.276. The minimum atomic E-state index is -0.214. The quantitative estimate of drug-likeness (QED) is 0.887. The van der Waals surface area contributed by atoms with E-state index in [1.165, 1.54) is 0 Å². The van der Waals surface area contributed by atoms with Gasteiger partial charge in [-0.05, 0) is 18.6 Å². The third-order valence-corrected chi connectivity index (χ3v) is 3.41. The van der Waals surface area contributed by atoms with Gasteiger partial charge in [-0.2, -0.15) is 0 Å². The van der Waals surface area contributed by atoms with Crippen LogP contribution in [0.4, 0.5) is 0 Å². The molecule has 2 N–H and O–H groups in total. The molecule has 0 saturated carbocycles. The molecule has 102 valence electrons. The average Bonchev–Trinajstić information content (AvgIpc) is 2.82. The van der Waals surface area contributed by atoms with Crippen LogP contribution < -0.4 is 0 Å². The van der Waals surface area contributed by atoms with E-state index < -0.39 is 0 Å². The molecule has 0 aliphatic carbocycles. The molecule has 0 aliphatic rings. The highest BCUT2D eigenvalue weighted by Crippen LogP contribution is 2.29. The Kier molecular flexibility index (Phi) is 4.76. The fourth-order valence-electron chi connectivity index (χ4n) is 1.79. The minimum Gasteiger partial charge on any atom is -0.396 e. The Hall–Kier alpha value is -1.14. The number of hydrogen-bond donors (Lipinski definition) is 2. The van der Waals surface area contributed by atoms with Crippen LogP contribution in [0.1, 0.15) is 12.1 Å². The number of aryl methyl sites for hydroxylation is 1. The maximum absolute atomic E-state index is 9.32. The minimum absolute atomic E-state index is 0.0646. The van der Waals surface area contributed by atoms with Gasteiger partial charge in [0.15, 0.2) is 0 Å². The molecule has 2 aromatic rings. The number of aliphatic hydroxyl groups is 2. The number of aromatic nitrogens is 3. The summed E-state index contributed by atoms with van der Waals surface area (Å²) in [4.78, 5) is 0. The van der Waals surface area contributed by atoms with E-state index in [2.05, 4.69) is 10.3 Å². The zero-order valence-electron chi connectivity index (χ0n) is 10.1. The fourth-order valence-corrected chi connectivity index (χ4v) is 2.09. The third-order valence-electron chi connectivity index (χ3n) is 2.68. The van der Waals surface area contributed by atoms with Crippen LogP contribution in [0.25, 0.3) is 11.3 Å². The van der Waals surface area contributed by atoms with Crippen LogP contribution >= 0.6 is 23.2 Å². The lowest BCUT2D eigenvalue weighted by Crippen LogP contribution is -2.05. The summed E-state index contributed by atoms with van der Waals surface area (Å²) in [6, 6.07) is 5.18. The molecule has 0 radical (unpaired) electrons. The number of halogens is 2. The van der Waals surface area contributed by atoms with Gasteiger partial charge in [0.25, 0.3) is 0 Å². The molecule has 19 heavy (non-hydrogen) atoms. The predicted molar refractivity (Wildman–Crippen MR) is 73.1 cm³/mol. The van der Waals surface area contributed by atoms with Crippen LogP contribution in [0, 0.1) is 0 Å². The molecular formula is C12H13Cl2N3O2. The van der Waals surface area contributed by atoms with E-state index in [0.717, 1.165) is 5.56 Å². The Morgan fingerprint density at radius 3 is 2.58 bits per heavy atom. The van der Waals surface area contributed by atoms with Gasteiger partial charge in [0, 0.05) is 18.7 Å². The van der Waals surface area contributed by atoms with Crippen molar-refractivity contribution in [2.45, 2.75) is 19.6 Å². The molecule has 0 saturated heterocycles. The Bertz CT molecular complexity index is 572. The lowest BCUT2D eigenvalue weighted by atomic mass is 10.1. The van der Waals surface area contributed by atoms with Gasteiger partial charge in [0.1, 0.15) is 5.69 Å². The molecule has 5 nitrogen and oxygen atoms in total. The average molecular weight is 302 g/mol. The first kappa shape index (κ1) is 14.3. The molecule has 7 heteroatoms. The summed E-state index contributed by atoms with van der Waals surface area (Å²) in [5.41, 5.74) is 1.94. The topological polar surface area (TPSA) is 71.2 Å². The summed E-state index contributed by atoms with van der Waals surface area (Å²) in [5.74, 6) is 0. The standard InChI is InChI=1S/C12H13Cl2N3O2/c13-9-3-2-8(6-10(9)14)12-11(7-19)15-16-17(12)4-1-5-18/h2-3,6,18-19H,1,4-5,7H2. The van der Waals surface area contributed by atoms with Crippen LogP contribution in [0.3, 0.4) is 0 Å². The van der Waals surface area contributed by atoms with E-state index in [-0.39, 0.29) is 13.2 Å². The van der Waals surface area contributed by atoms with Gasteiger partial charge < -0.3 is 10.2 Å². The van der Waals surface area contributed by atoms with Crippen LogP contribution in [-0.2, 0) is 13.2 Å². The maximum Gasteiger partial charge on any atom is 0.116 e. The van der Waals surface area contributed by atoms with Crippen LogP contribution in [0.15, 0.2) is 18.2 Å². The Labute approximate surface area is 120 Å². The van der Waals surface area contributed by atoms with Gasteiger partial charge in [-0.1, -0.05) is 34.5 Å². The van der Waals surface area contributed by atoms with Gasteiger partial charge in [-0.3, -0.25) is 0 Å². The molecule has 0 atom stereocenters. The lowest BCUT2D eigenvalue weighted by Gasteiger charge is -2.08. The van der Waals surface area contributed by atoms with E-state index in [9.17, 15) is 5.11 Å². The molecule has 0 amide bonds. The van der Waals surface area contributed by atoms with Crippen molar-refractivity contribution in [3.63, 3.8) is 0 Å². The van der Waals surface area contributed by atoms with E-state index >= 15 is 0 Å². The molecule has 0 spiro atoms. The fraction of sp³-hybridized carbons (Fsp3) is 0.333. The monoisotopic (exact) mass is 301 g/mol. The summed E-state index contributed by atoms with van der Waals surface area (Å²) in [6.07, 6.45) is 0.558. The number of hydrogen-bond acceptors (Lipinski definition) is 4. The number of benzene rings is 1. The number of rotatable bonds is 5. The van der Waals surface area contributed by atoms with E-state index in [1.54, 1.807) is 22.9 Å². The summed E-state index contributed by atoms with van der Waals surface area (Å²) in [6.45, 7) is 0.364. The molecule has 1 aromatic carbocycles. The van der Waals surface area contributed by atoms with Crippen LogP contribution in [0.2, 0.25) is 10.0 Å². The van der Waals surface area contributed by atoms with Gasteiger partial charge in [0.05, 0.1) is 22.3 Å². The van der Waals surface area contributed by atoms with E-state index in [4.69, 9.17) is 28.3 Å². The highest BCUT2D eigenvalue weighted by Gasteiger charge is 2.15. The van der Waals surface area contributed by atoms with Crippen molar-refractivity contribution in [3.05, 3.63) is 33.9 Å². The Balaban J connectivity index is 2.45. The van der Waals surface area contributed by atoms with Crippen molar-refractivity contribution in [1.29, 1.82) is 0 Å². The summed E-state index contributed by atoms with van der Waals surface area (Å²) >= 11 is 11.9. The summed E-state index contributed by atoms with van der Waals surface area (Å²) in [5, 5.41) is 27.0. The normalized spacial score (nSPS) is 10.9. The molecule has 0 fully saturated rings. The molecule has 1 aromatic heterocycles. The zero-order valence-corrected chi connectivity index (χ0v) is 11.6. The number of aliphatic hydroxyl groups excluding tert-OH is 2. The van der Waals surface area contributed by atoms with Gasteiger partial charge >= 0.3 is 0 Å². The summed E-state index contributed by atoms with van der Waals surface area (Å²) < 4.78 is 1.64. The van der Waals surface area contributed by atoms with Gasteiger partial charge in [-0.15, -0.1) is 5.10 Å². The van der Waals surface area contributed by atoms with Crippen molar-refractivity contribution in [2.24, 2.45) is 0 Å². The predicted octanol–water partition coefficient (Wildman–Crippen LogP) is 2.13. The zero-order chi connectivity index (χ0) is 13.8. The second-order valence-electron chi connectivity index (χ2n) is 3.97. The molecule has 0 bridgehead atoms. The first-order valence-electron chi connectivity index (χ1n) is 5.77. The highest BCUT2D eigenvalue weighted by atomic mass is 35.5. The van der Waals surface area contributed by atoms with E-state index in [0.29, 0.717) is 34.4 Å².